The van der Waals surface area contributed by atoms with Gasteiger partial charge in [0.05, 0.1) is 17.6 Å². The lowest BCUT2D eigenvalue weighted by Gasteiger charge is -2.17. The Kier molecular flexibility index (Phi) is 5.78. The molecule has 4 heteroatoms. The van der Waals surface area contributed by atoms with Crippen LogP contribution in [0.4, 0.5) is 5.69 Å². The van der Waals surface area contributed by atoms with E-state index >= 15 is 0 Å². The molecule has 4 rings (SSSR count). The van der Waals surface area contributed by atoms with Crippen molar-refractivity contribution < 1.29 is 0 Å². The molecule has 0 saturated carbocycles. The van der Waals surface area contributed by atoms with Gasteiger partial charge in [-0.3, -0.25) is 4.98 Å². The molecule has 0 bridgehead atoms. The maximum Gasteiger partial charge on any atom is 0.190 e. The summed E-state index contributed by atoms with van der Waals surface area (Å²) in [5, 5.41) is 2.21. The summed E-state index contributed by atoms with van der Waals surface area (Å²) in [6.45, 7) is 2.28. The smallest absolute Gasteiger partial charge is 0.190 e. The highest BCUT2D eigenvalue weighted by molar-refractivity contribution is 7.07. The molecule has 0 aliphatic heterocycles. The highest BCUT2D eigenvalue weighted by atomic mass is 32.1. The first kappa shape index (κ1) is 18.4. The van der Waals surface area contributed by atoms with Gasteiger partial charge in [0.2, 0.25) is 0 Å². The first-order chi connectivity index (χ1) is 13.8. The van der Waals surface area contributed by atoms with Crippen molar-refractivity contribution in [3.63, 3.8) is 0 Å². The fraction of sp³-hybridized carbons (Fsp3) is 0.167. The van der Waals surface area contributed by atoms with Crippen LogP contribution in [0, 0.1) is 0 Å². The molecule has 2 aromatic heterocycles. The van der Waals surface area contributed by atoms with E-state index in [0.717, 1.165) is 23.3 Å². The van der Waals surface area contributed by atoms with Crippen molar-refractivity contribution in [1.29, 1.82) is 0 Å². The molecule has 3 nitrogen and oxygen atoms in total. The third-order valence-electron chi connectivity index (χ3n) is 4.82. The van der Waals surface area contributed by atoms with Crippen LogP contribution in [-0.2, 0) is 6.42 Å². The van der Waals surface area contributed by atoms with E-state index in [1.54, 1.807) is 23.7 Å². The van der Waals surface area contributed by atoms with Gasteiger partial charge in [0.25, 0.3) is 0 Å². The Bertz CT molecular complexity index is 1070. The second kappa shape index (κ2) is 8.81. The van der Waals surface area contributed by atoms with Crippen molar-refractivity contribution >= 4 is 17.0 Å². The number of aromatic nitrogens is 2. The number of hydrogen-bond acceptors (Lipinski definition) is 3. The molecule has 0 radical (unpaired) electrons. The van der Waals surface area contributed by atoms with E-state index in [-0.39, 0.29) is 0 Å². The predicted molar refractivity (Wildman–Crippen MR) is 117 cm³/mol. The van der Waals surface area contributed by atoms with Gasteiger partial charge in [-0.25, -0.2) is 4.99 Å². The summed E-state index contributed by atoms with van der Waals surface area (Å²) in [5.41, 5.74) is 4.69. The van der Waals surface area contributed by atoms with E-state index < -0.39 is 0 Å². The van der Waals surface area contributed by atoms with E-state index in [1.165, 1.54) is 16.8 Å². The van der Waals surface area contributed by atoms with E-state index in [1.807, 2.05) is 12.1 Å². The molecule has 0 amide bonds. The van der Waals surface area contributed by atoms with E-state index in [2.05, 4.69) is 82.5 Å². The summed E-state index contributed by atoms with van der Waals surface area (Å²) in [6.07, 6.45) is 5.69. The summed E-state index contributed by atoms with van der Waals surface area (Å²) in [7, 11) is 0. The molecule has 1 unspecified atom stereocenters. The first-order valence-corrected chi connectivity index (χ1v) is 10.4. The van der Waals surface area contributed by atoms with Gasteiger partial charge in [-0.2, -0.15) is 0 Å². The lowest BCUT2D eigenvalue weighted by Crippen LogP contribution is -2.20. The molecule has 1 atom stereocenters. The Morgan fingerprint density at radius 3 is 2.43 bits per heavy atom. The second-order valence-electron chi connectivity index (χ2n) is 6.84. The zero-order valence-electron chi connectivity index (χ0n) is 15.9. The van der Waals surface area contributed by atoms with Crippen LogP contribution in [0.5, 0.6) is 0 Å². The van der Waals surface area contributed by atoms with Crippen LogP contribution in [-0.4, -0.2) is 9.55 Å². The monoisotopic (exact) mass is 385 g/mol. The number of benzene rings is 2. The fourth-order valence-electron chi connectivity index (χ4n) is 3.33. The highest BCUT2D eigenvalue weighted by Gasteiger charge is 2.14. The van der Waals surface area contributed by atoms with E-state index in [9.17, 15) is 0 Å². The fourth-order valence-corrected chi connectivity index (χ4v) is 4.34. The van der Waals surface area contributed by atoms with Gasteiger partial charge in [0.1, 0.15) is 0 Å². The van der Waals surface area contributed by atoms with Crippen LogP contribution < -0.4 is 4.80 Å². The average Bonchev–Trinajstić information content (AvgIpc) is 3.18. The SMILES string of the molecule is CC(CCc1ccccc1)n1c(-c2ccccc2)csc1=Nc1cccnc1. The van der Waals surface area contributed by atoms with E-state index in [4.69, 9.17) is 4.99 Å². The molecular weight excluding hydrogens is 362 g/mol. The van der Waals surface area contributed by atoms with Gasteiger partial charge >= 0.3 is 0 Å². The summed E-state index contributed by atoms with van der Waals surface area (Å²) in [5.74, 6) is 0. The molecule has 0 aliphatic carbocycles. The molecule has 0 spiro atoms. The molecule has 0 saturated heterocycles. The van der Waals surface area contributed by atoms with Gasteiger partial charge in [0, 0.05) is 17.6 Å². The van der Waals surface area contributed by atoms with Crippen molar-refractivity contribution in [3.05, 3.63) is 101 Å². The summed E-state index contributed by atoms with van der Waals surface area (Å²) in [4.78, 5) is 10.1. The third kappa shape index (κ3) is 4.29. The van der Waals surface area contributed by atoms with Crippen LogP contribution in [0.1, 0.15) is 24.9 Å². The molecule has 2 aromatic carbocycles. The molecular formula is C24H23N3S. The van der Waals surface area contributed by atoms with Crippen molar-refractivity contribution in [3.8, 4) is 11.3 Å². The third-order valence-corrected chi connectivity index (χ3v) is 5.66. The Morgan fingerprint density at radius 1 is 0.964 bits per heavy atom. The number of aryl methyl sites for hydroxylation is 1. The van der Waals surface area contributed by atoms with Gasteiger partial charge in [-0.05, 0) is 43.0 Å². The largest absolute Gasteiger partial charge is 0.314 e. The standard InChI is InChI=1S/C24H23N3S/c1-19(14-15-20-9-4-2-5-10-20)27-23(21-11-6-3-7-12-21)18-28-24(27)26-22-13-8-16-25-17-22/h2-13,16-19H,14-15H2,1H3. The van der Waals surface area contributed by atoms with Gasteiger partial charge in [-0.15, -0.1) is 11.3 Å². The molecule has 2 heterocycles. The Morgan fingerprint density at radius 2 is 1.71 bits per heavy atom. The Hall–Kier alpha value is -2.98. The lowest BCUT2D eigenvalue weighted by molar-refractivity contribution is 0.501. The van der Waals surface area contributed by atoms with Crippen LogP contribution in [0.25, 0.3) is 11.3 Å². The van der Waals surface area contributed by atoms with Crippen LogP contribution >= 0.6 is 11.3 Å². The van der Waals surface area contributed by atoms with Crippen molar-refractivity contribution in [1.82, 2.24) is 9.55 Å². The topological polar surface area (TPSA) is 30.2 Å². The zero-order valence-corrected chi connectivity index (χ0v) is 16.7. The number of thiazole rings is 1. The molecule has 28 heavy (non-hydrogen) atoms. The minimum atomic E-state index is 0.331. The minimum absolute atomic E-state index is 0.331. The van der Waals surface area contributed by atoms with E-state index in [0.29, 0.717) is 6.04 Å². The van der Waals surface area contributed by atoms with Crippen LogP contribution in [0.15, 0.2) is 95.6 Å². The first-order valence-electron chi connectivity index (χ1n) is 9.55. The zero-order chi connectivity index (χ0) is 19.2. The van der Waals surface area contributed by atoms with Gasteiger partial charge < -0.3 is 4.57 Å². The lowest BCUT2D eigenvalue weighted by atomic mass is 10.1. The molecule has 4 aromatic rings. The van der Waals surface area contributed by atoms with Gasteiger partial charge in [0.15, 0.2) is 4.80 Å². The normalized spacial score (nSPS) is 12.8. The second-order valence-corrected chi connectivity index (χ2v) is 7.67. The minimum Gasteiger partial charge on any atom is -0.314 e. The van der Waals surface area contributed by atoms with Crippen molar-refractivity contribution in [2.24, 2.45) is 4.99 Å². The number of pyridine rings is 1. The summed E-state index contributed by atoms with van der Waals surface area (Å²) < 4.78 is 2.37. The average molecular weight is 386 g/mol. The molecule has 140 valence electrons. The molecule has 0 fully saturated rings. The highest BCUT2D eigenvalue weighted by Crippen LogP contribution is 2.26. The number of rotatable bonds is 6. The predicted octanol–water partition coefficient (Wildman–Crippen LogP) is 6.04. The molecule has 0 aliphatic rings. The quantitative estimate of drug-likeness (QED) is 0.398. The summed E-state index contributed by atoms with van der Waals surface area (Å²) >= 11 is 1.68. The molecule has 0 N–H and O–H groups in total. The Balaban J connectivity index is 1.72. The van der Waals surface area contributed by atoms with Crippen molar-refractivity contribution in [2.75, 3.05) is 0 Å². The van der Waals surface area contributed by atoms with Crippen LogP contribution in [0.2, 0.25) is 0 Å². The van der Waals surface area contributed by atoms with Crippen molar-refractivity contribution in [2.45, 2.75) is 25.8 Å². The number of hydrogen-bond donors (Lipinski definition) is 0. The van der Waals surface area contributed by atoms with Crippen LogP contribution in [0.3, 0.4) is 0 Å². The maximum atomic E-state index is 4.88. The maximum absolute atomic E-state index is 4.88. The Labute approximate surface area is 169 Å². The van der Waals surface area contributed by atoms with Gasteiger partial charge in [-0.1, -0.05) is 60.7 Å². The summed E-state index contributed by atoms with van der Waals surface area (Å²) in [6, 6.07) is 25.5. The number of nitrogens with zero attached hydrogens (tertiary/aromatic N) is 3.